The zero-order valence-electron chi connectivity index (χ0n) is 11.1. The normalized spacial score (nSPS) is 10.8. The van der Waals surface area contributed by atoms with E-state index in [-0.39, 0.29) is 5.78 Å². The molecule has 0 unspecified atom stereocenters. The molecule has 0 saturated heterocycles. The summed E-state index contributed by atoms with van der Waals surface area (Å²) in [6.45, 7) is 4.40. The Morgan fingerprint density at radius 1 is 1.21 bits per heavy atom. The van der Waals surface area contributed by atoms with Crippen LogP contribution in [0.2, 0.25) is 0 Å². The summed E-state index contributed by atoms with van der Waals surface area (Å²) in [6, 6.07) is 11.0. The third-order valence-electron chi connectivity index (χ3n) is 2.60. The first-order valence-corrected chi connectivity index (χ1v) is 6.21. The lowest BCUT2D eigenvalue weighted by Gasteiger charge is -2.02. The third-order valence-corrected chi connectivity index (χ3v) is 2.60. The Balaban J connectivity index is 2.03. The van der Waals surface area contributed by atoms with Crippen LogP contribution < -0.4 is 4.74 Å². The summed E-state index contributed by atoms with van der Waals surface area (Å²) >= 11 is 0. The number of hydrogen-bond acceptors (Lipinski definition) is 3. The highest BCUT2D eigenvalue weighted by Gasteiger charge is 2.05. The molecule has 1 aromatic heterocycles. The minimum atomic E-state index is -0.137. The number of ether oxygens (including phenoxy) is 1. The predicted molar refractivity (Wildman–Crippen MR) is 74.4 cm³/mol. The fourth-order valence-corrected chi connectivity index (χ4v) is 1.66. The Hall–Kier alpha value is -2.29. The van der Waals surface area contributed by atoms with Gasteiger partial charge in [-0.3, -0.25) is 4.79 Å². The van der Waals surface area contributed by atoms with Crippen LogP contribution in [0.1, 0.15) is 28.8 Å². The zero-order valence-corrected chi connectivity index (χ0v) is 11.1. The number of carbonyl (C=O) groups excluding carboxylic acids is 1. The van der Waals surface area contributed by atoms with Crippen LogP contribution in [0.15, 0.2) is 46.9 Å². The third kappa shape index (κ3) is 3.58. The molecular weight excluding hydrogens is 240 g/mol. The van der Waals surface area contributed by atoms with Crippen LogP contribution in [-0.4, -0.2) is 12.4 Å². The van der Waals surface area contributed by atoms with Gasteiger partial charge in [-0.25, -0.2) is 0 Å². The van der Waals surface area contributed by atoms with Gasteiger partial charge in [-0.05, 0) is 49.8 Å². The first kappa shape index (κ1) is 13.1. The SMILES string of the molecule is CCOc1ccc(/C=C/C(=O)c2ccc(C)o2)cc1. The summed E-state index contributed by atoms with van der Waals surface area (Å²) in [6.07, 6.45) is 3.27. The Labute approximate surface area is 112 Å². The highest BCUT2D eigenvalue weighted by molar-refractivity contribution is 6.04. The fourth-order valence-electron chi connectivity index (χ4n) is 1.66. The average molecular weight is 256 g/mol. The molecule has 3 nitrogen and oxygen atoms in total. The Bertz CT molecular complexity index is 576. The van der Waals surface area contributed by atoms with Crippen LogP contribution in [-0.2, 0) is 0 Å². The van der Waals surface area contributed by atoms with Crippen molar-refractivity contribution in [3.8, 4) is 5.75 Å². The lowest BCUT2D eigenvalue weighted by Crippen LogP contribution is -1.91. The Kier molecular flexibility index (Phi) is 4.18. The van der Waals surface area contributed by atoms with E-state index in [2.05, 4.69) is 0 Å². The summed E-state index contributed by atoms with van der Waals surface area (Å²) in [7, 11) is 0. The number of rotatable bonds is 5. The molecule has 3 heteroatoms. The van der Waals surface area contributed by atoms with Gasteiger partial charge in [-0.1, -0.05) is 18.2 Å². The van der Waals surface area contributed by atoms with Gasteiger partial charge in [0, 0.05) is 0 Å². The minimum absolute atomic E-state index is 0.137. The van der Waals surface area contributed by atoms with Gasteiger partial charge in [-0.2, -0.15) is 0 Å². The number of aryl methyl sites for hydroxylation is 1. The average Bonchev–Trinajstić information content (AvgIpc) is 2.85. The van der Waals surface area contributed by atoms with Crippen LogP contribution in [0.3, 0.4) is 0 Å². The standard InChI is InChI=1S/C16H16O3/c1-3-18-14-8-5-13(6-9-14)7-10-15(17)16-11-4-12(2)19-16/h4-11H,3H2,1-2H3/b10-7+. The first-order valence-electron chi connectivity index (χ1n) is 6.21. The molecule has 0 fully saturated rings. The molecule has 0 atom stereocenters. The second-order valence-electron chi connectivity index (χ2n) is 4.11. The van der Waals surface area contributed by atoms with Crippen molar-refractivity contribution in [1.29, 1.82) is 0 Å². The van der Waals surface area contributed by atoms with Gasteiger partial charge in [0.05, 0.1) is 6.61 Å². The van der Waals surface area contributed by atoms with Crippen LogP contribution in [0.5, 0.6) is 5.75 Å². The van der Waals surface area contributed by atoms with Crippen LogP contribution in [0.4, 0.5) is 0 Å². The number of furan rings is 1. The zero-order chi connectivity index (χ0) is 13.7. The maximum Gasteiger partial charge on any atom is 0.221 e. The molecule has 98 valence electrons. The number of allylic oxidation sites excluding steroid dienone is 1. The van der Waals surface area contributed by atoms with Crippen LogP contribution >= 0.6 is 0 Å². The predicted octanol–water partition coefficient (Wildman–Crippen LogP) is 3.88. The molecule has 1 heterocycles. The van der Waals surface area contributed by atoms with Gasteiger partial charge < -0.3 is 9.15 Å². The smallest absolute Gasteiger partial charge is 0.221 e. The molecular formula is C16H16O3. The van der Waals surface area contributed by atoms with Gasteiger partial charge in [0.15, 0.2) is 5.76 Å². The molecule has 0 amide bonds. The molecule has 2 rings (SSSR count). The van der Waals surface area contributed by atoms with Crippen molar-refractivity contribution in [2.24, 2.45) is 0 Å². The molecule has 19 heavy (non-hydrogen) atoms. The monoisotopic (exact) mass is 256 g/mol. The van der Waals surface area contributed by atoms with E-state index < -0.39 is 0 Å². The number of ketones is 1. The van der Waals surface area contributed by atoms with Crippen molar-refractivity contribution in [2.45, 2.75) is 13.8 Å². The van der Waals surface area contributed by atoms with Crippen molar-refractivity contribution >= 4 is 11.9 Å². The second-order valence-corrected chi connectivity index (χ2v) is 4.11. The van der Waals surface area contributed by atoms with E-state index in [0.29, 0.717) is 12.4 Å². The first-order chi connectivity index (χ1) is 9.19. The largest absolute Gasteiger partial charge is 0.494 e. The number of hydrogen-bond donors (Lipinski definition) is 0. The Morgan fingerprint density at radius 3 is 2.53 bits per heavy atom. The van der Waals surface area contributed by atoms with Crippen molar-refractivity contribution < 1.29 is 13.9 Å². The molecule has 0 radical (unpaired) electrons. The minimum Gasteiger partial charge on any atom is -0.494 e. The van der Waals surface area contributed by atoms with E-state index in [9.17, 15) is 4.79 Å². The summed E-state index contributed by atoms with van der Waals surface area (Å²) < 4.78 is 10.6. The van der Waals surface area contributed by atoms with E-state index in [1.807, 2.05) is 38.1 Å². The van der Waals surface area contributed by atoms with Gasteiger partial charge in [-0.15, -0.1) is 0 Å². The molecule has 0 aliphatic carbocycles. The fraction of sp³-hybridized carbons (Fsp3) is 0.188. The molecule has 1 aromatic carbocycles. The van der Waals surface area contributed by atoms with Gasteiger partial charge >= 0.3 is 0 Å². The molecule has 0 N–H and O–H groups in total. The topological polar surface area (TPSA) is 39.4 Å². The maximum atomic E-state index is 11.8. The van der Waals surface area contributed by atoms with Gasteiger partial charge in [0.2, 0.25) is 5.78 Å². The van der Waals surface area contributed by atoms with Crippen LogP contribution in [0.25, 0.3) is 6.08 Å². The van der Waals surface area contributed by atoms with E-state index in [1.54, 1.807) is 18.2 Å². The molecule has 0 aliphatic heterocycles. The van der Waals surface area contributed by atoms with E-state index in [0.717, 1.165) is 17.1 Å². The summed E-state index contributed by atoms with van der Waals surface area (Å²) in [5.74, 6) is 1.78. The quantitative estimate of drug-likeness (QED) is 0.602. The summed E-state index contributed by atoms with van der Waals surface area (Å²) in [5.41, 5.74) is 0.945. The van der Waals surface area contributed by atoms with Crippen molar-refractivity contribution in [1.82, 2.24) is 0 Å². The highest BCUT2D eigenvalue weighted by atomic mass is 16.5. The van der Waals surface area contributed by atoms with Crippen molar-refractivity contribution in [2.75, 3.05) is 6.61 Å². The maximum absolute atomic E-state index is 11.8. The number of carbonyl (C=O) groups is 1. The van der Waals surface area contributed by atoms with E-state index in [1.165, 1.54) is 6.08 Å². The lowest BCUT2D eigenvalue weighted by atomic mass is 10.2. The lowest BCUT2D eigenvalue weighted by molar-refractivity contribution is 0.102. The molecule has 0 aliphatic rings. The molecule has 2 aromatic rings. The van der Waals surface area contributed by atoms with E-state index in [4.69, 9.17) is 9.15 Å². The van der Waals surface area contributed by atoms with E-state index >= 15 is 0 Å². The molecule has 0 bridgehead atoms. The van der Waals surface area contributed by atoms with Crippen molar-refractivity contribution in [3.63, 3.8) is 0 Å². The number of benzene rings is 1. The Morgan fingerprint density at radius 2 is 1.95 bits per heavy atom. The van der Waals surface area contributed by atoms with Gasteiger partial charge in [0.1, 0.15) is 11.5 Å². The van der Waals surface area contributed by atoms with Crippen LogP contribution in [0, 0.1) is 6.92 Å². The summed E-state index contributed by atoms with van der Waals surface area (Å²) in [4.78, 5) is 11.8. The molecule has 0 spiro atoms. The van der Waals surface area contributed by atoms with Crippen molar-refractivity contribution in [3.05, 3.63) is 59.6 Å². The highest BCUT2D eigenvalue weighted by Crippen LogP contribution is 2.14. The molecule has 0 saturated carbocycles. The van der Waals surface area contributed by atoms with Gasteiger partial charge in [0.25, 0.3) is 0 Å². The summed E-state index contributed by atoms with van der Waals surface area (Å²) in [5, 5.41) is 0. The second kappa shape index (κ2) is 6.05.